The van der Waals surface area contributed by atoms with Crippen molar-refractivity contribution in [2.75, 3.05) is 17.2 Å². The van der Waals surface area contributed by atoms with Crippen LogP contribution in [0.15, 0.2) is 41.7 Å². The Kier molecular flexibility index (Phi) is 3.89. The molecule has 0 bridgehead atoms. The van der Waals surface area contributed by atoms with E-state index < -0.39 is 0 Å². The van der Waals surface area contributed by atoms with E-state index in [4.69, 9.17) is 0 Å². The predicted molar refractivity (Wildman–Crippen MR) is 99.1 cm³/mol. The zero-order valence-corrected chi connectivity index (χ0v) is 14.2. The van der Waals surface area contributed by atoms with Gasteiger partial charge < -0.3 is 10.6 Å². The summed E-state index contributed by atoms with van der Waals surface area (Å²) in [7, 11) is 0. The molecule has 7 nitrogen and oxygen atoms in total. The zero-order chi connectivity index (χ0) is 17.2. The molecule has 2 aromatic heterocycles. The lowest BCUT2D eigenvalue weighted by atomic mass is 9.98. The molecule has 25 heavy (non-hydrogen) atoms. The van der Waals surface area contributed by atoms with Crippen molar-refractivity contribution in [3.8, 4) is 0 Å². The van der Waals surface area contributed by atoms with E-state index in [-0.39, 0.29) is 0 Å². The van der Waals surface area contributed by atoms with Gasteiger partial charge in [-0.05, 0) is 38.0 Å². The highest BCUT2D eigenvalue weighted by Crippen LogP contribution is 2.23. The Morgan fingerprint density at radius 1 is 1.00 bits per heavy atom. The lowest BCUT2D eigenvalue weighted by Gasteiger charge is -2.16. The molecule has 0 saturated carbocycles. The van der Waals surface area contributed by atoms with E-state index in [1.54, 1.807) is 12.4 Å². The Balaban J connectivity index is 1.54. The summed E-state index contributed by atoms with van der Waals surface area (Å²) in [6.45, 7) is 4.87. The molecule has 1 aliphatic rings. The van der Waals surface area contributed by atoms with Gasteiger partial charge in [0.05, 0.1) is 12.4 Å². The summed E-state index contributed by atoms with van der Waals surface area (Å²) in [4.78, 5) is 13.3. The predicted octanol–water partition coefficient (Wildman–Crippen LogP) is 3.36. The Morgan fingerprint density at radius 2 is 1.84 bits per heavy atom. The number of anilines is 4. The topological polar surface area (TPSA) is 90.9 Å². The number of aromatic nitrogens is 4. The van der Waals surface area contributed by atoms with Gasteiger partial charge in [0.1, 0.15) is 0 Å². The van der Waals surface area contributed by atoms with Gasteiger partial charge in [0.2, 0.25) is 0 Å². The van der Waals surface area contributed by atoms with Gasteiger partial charge in [-0.1, -0.05) is 6.07 Å². The first-order valence-electron chi connectivity index (χ1n) is 8.20. The van der Waals surface area contributed by atoms with E-state index in [9.17, 15) is 0 Å². The molecule has 126 valence electrons. The van der Waals surface area contributed by atoms with E-state index in [2.05, 4.69) is 60.9 Å². The van der Waals surface area contributed by atoms with Gasteiger partial charge in [0, 0.05) is 35.3 Å². The Bertz CT molecular complexity index is 942. The second-order valence-corrected chi connectivity index (χ2v) is 6.06. The number of fused-ring (bicyclic) bond motifs is 1. The van der Waals surface area contributed by atoms with Crippen LogP contribution in [0.4, 0.5) is 23.1 Å². The van der Waals surface area contributed by atoms with Crippen LogP contribution >= 0.6 is 0 Å². The van der Waals surface area contributed by atoms with Crippen LogP contribution in [0.5, 0.6) is 0 Å². The standard InChI is InChI=1S/C18H19N7/c1-11-7-16(25-24-11)22-18-10-19-9-17(23-18)21-14-4-3-13-5-6-20-12(2)15(13)8-14/h3-4,7-10H,5-6H2,1-2H3,(H3,21,22,23,24,25). The molecule has 0 saturated heterocycles. The molecule has 0 spiro atoms. The monoisotopic (exact) mass is 333 g/mol. The number of aryl methyl sites for hydroxylation is 1. The number of nitrogens with one attached hydrogen (secondary N) is 3. The molecular formula is C18H19N7. The van der Waals surface area contributed by atoms with Gasteiger partial charge in [0.25, 0.3) is 0 Å². The quantitative estimate of drug-likeness (QED) is 0.681. The summed E-state index contributed by atoms with van der Waals surface area (Å²) in [5.74, 6) is 2.01. The van der Waals surface area contributed by atoms with Crippen LogP contribution < -0.4 is 10.6 Å². The van der Waals surface area contributed by atoms with Crippen LogP contribution in [0, 0.1) is 6.92 Å². The molecule has 4 rings (SSSR count). The maximum atomic E-state index is 4.53. The highest BCUT2D eigenvalue weighted by molar-refractivity contribution is 6.01. The van der Waals surface area contributed by atoms with E-state index in [0.29, 0.717) is 17.5 Å². The van der Waals surface area contributed by atoms with Crippen molar-refractivity contribution in [2.45, 2.75) is 20.3 Å². The van der Waals surface area contributed by atoms with Crippen molar-refractivity contribution in [3.63, 3.8) is 0 Å². The summed E-state index contributed by atoms with van der Waals surface area (Å²) in [6.07, 6.45) is 4.36. The fourth-order valence-corrected chi connectivity index (χ4v) is 2.89. The fourth-order valence-electron chi connectivity index (χ4n) is 2.89. The average molecular weight is 333 g/mol. The molecule has 0 amide bonds. The van der Waals surface area contributed by atoms with Crippen molar-refractivity contribution in [1.29, 1.82) is 0 Å². The average Bonchev–Trinajstić information content (AvgIpc) is 3.01. The summed E-state index contributed by atoms with van der Waals surface area (Å²) in [5, 5.41) is 13.5. The molecule has 0 fully saturated rings. The van der Waals surface area contributed by atoms with Crippen LogP contribution in [0.25, 0.3) is 0 Å². The highest BCUT2D eigenvalue weighted by atomic mass is 15.2. The van der Waals surface area contributed by atoms with Gasteiger partial charge in [0.15, 0.2) is 17.5 Å². The summed E-state index contributed by atoms with van der Waals surface area (Å²) in [6, 6.07) is 8.24. The van der Waals surface area contributed by atoms with Crippen molar-refractivity contribution in [3.05, 3.63) is 53.5 Å². The maximum absolute atomic E-state index is 4.53. The molecule has 0 radical (unpaired) electrons. The summed E-state index contributed by atoms with van der Waals surface area (Å²) < 4.78 is 0. The number of H-pyrrole nitrogens is 1. The maximum Gasteiger partial charge on any atom is 0.153 e. The van der Waals surface area contributed by atoms with Gasteiger partial charge in [-0.3, -0.25) is 15.1 Å². The molecule has 3 N–H and O–H groups in total. The van der Waals surface area contributed by atoms with Gasteiger partial charge >= 0.3 is 0 Å². The van der Waals surface area contributed by atoms with Crippen molar-refractivity contribution >= 4 is 28.9 Å². The first-order chi connectivity index (χ1) is 12.2. The van der Waals surface area contributed by atoms with Crippen LogP contribution in [-0.4, -0.2) is 32.4 Å². The Labute approximate surface area is 145 Å². The smallest absolute Gasteiger partial charge is 0.153 e. The molecular weight excluding hydrogens is 314 g/mol. The highest BCUT2D eigenvalue weighted by Gasteiger charge is 2.11. The number of nitrogens with zero attached hydrogens (tertiary/aromatic N) is 4. The molecule has 1 aliphatic heterocycles. The number of benzene rings is 1. The largest absolute Gasteiger partial charge is 0.339 e. The lowest BCUT2D eigenvalue weighted by Crippen LogP contribution is -2.10. The first-order valence-corrected chi connectivity index (χ1v) is 8.20. The minimum Gasteiger partial charge on any atom is -0.339 e. The third kappa shape index (κ3) is 3.35. The molecule has 0 aliphatic carbocycles. The molecule has 7 heteroatoms. The third-order valence-electron chi connectivity index (χ3n) is 4.10. The number of rotatable bonds is 4. The molecule has 3 aromatic rings. The lowest BCUT2D eigenvalue weighted by molar-refractivity contribution is 0.942. The molecule has 1 aromatic carbocycles. The van der Waals surface area contributed by atoms with Crippen molar-refractivity contribution < 1.29 is 0 Å². The van der Waals surface area contributed by atoms with E-state index in [0.717, 1.165) is 30.1 Å². The first kappa shape index (κ1) is 15.3. The van der Waals surface area contributed by atoms with Gasteiger partial charge in [-0.25, -0.2) is 4.98 Å². The number of hydrogen-bond acceptors (Lipinski definition) is 6. The normalized spacial score (nSPS) is 13.1. The van der Waals surface area contributed by atoms with Crippen LogP contribution in [0.3, 0.4) is 0 Å². The van der Waals surface area contributed by atoms with Crippen molar-refractivity contribution in [1.82, 2.24) is 20.2 Å². The van der Waals surface area contributed by atoms with Crippen LogP contribution in [0.2, 0.25) is 0 Å². The second kappa shape index (κ2) is 6.35. The van der Waals surface area contributed by atoms with E-state index >= 15 is 0 Å². The number of aromatic amines is 1. The zero-order valence-electron chi connectivity index (χ0n) is 14.2. The summed E-state index contributed by atoms with van der Waals surface area (Å²) in [5.41, 5.74) is 5.58. The van der Waals surface area contributed by atoms with Crippen molar-refractivity contribution in [2.24, 2.45) is 4.99 Å². The van der Waals surface area contributed by atoms with Crippen LogP contribution in [0.1, 0.15) is 23.7 Å². The fraction of sp³-hybridized carbons (Fsp3) is 0.222. The minimum atomic E-state index is 0.632. The number of aliphatic imine (C=N–C) groups is 1. The van der Waals surface area contributed by atoms with E-state index in [1.165, 1.54) is 11.1 Å². The molecule has 0 unspecified atom stereocenters. The molecule has 3 heterocycles. The number of hydrogen-bond donors (Lipinski definition) is 3. The Morgan fingerprint density at radius 3 is 2.64 bits per heavy atom. The summed E-state index contributed by atoms with van der Waals surface area (Å²) >= 11 is 0. The SMILES string of the molecule is CC1=NCCc2ccc(Nc3cncc(Nc4cc(C)[nH]n4)n3)cc21. The van der Waals surface area contributed by atoms with E-state index in [1.807, 2.05) is 13.0 Å². The Hall–Kier alpha value is -3.22. The van der Waals surface area contributed by atoms with Gasteiger partial charge in [-0.2, -0.15) is 5.10 Å². The minimum absolute atomic E-state index is 0.632. The van der Waals surface area contributed by atoms with Gasteiger partial charge in [-0.15, -0.1) is 0 Å². The third-order valence-corrected chi connectivity index (χ3v) is 4.10. The van der Waals surface area contributed by atoms with Crippen LogP contribution in [-0.2, 0) is 6.42 Å². The molecule has 0 atom stereocenters. The second-order valence-electron chi connectivity index (χ2n) is 6.06.